The van der Waals surface area contributed by atoms with Gasteiger partial charge in [-0.25, -0.2) is 0 Å². The van der Waals surface area contributed by atoms with Crippen LogP contribution in [-0.4, -0.2) is 18.8 Å². The molecule has 4 atom stereocenters. The summed E-state index contributed by atoms with van der Waals surface area (Å²) in [4.78, 5) is 5.09. The maximum absolute atomic E-state index is 6.65. The Morgan fingerprint density at radius 1 is 0.969 bits per heavy atom. The SMILES string of the molecule is CCC1(C)Oc2cc3c(cc2C1(C)C)N(C)C1C(C)C(C)c2cc(C(C)(C)C)ccc2N31. The van der Waals surface area contributed by atoms with E-state index in [0.717, 1.165) is 12.2 Å². The lowest BCUT2D eigenvalue weighted by Crippen LogP contribution is -2.48. The molecule has 32 heavy (non-hydrogen) atoms. The lowest BCUT2D eigenvalue weighted by molar-refractivity contribution is 0.0472. The second kappa shape index (κ2) is 6.46. The van der Waals surface area contributed by atoms with E-state index >= 15 is 0 Å². The molecule has 3 aliphatic heterocycles. The highest BCUT2D eigenvalue weighted by Crippen LogP contribution is 2.59. The van der Waals surface area contributed by atoms with Crippen LogP contribution in [0.4, 0.5) is 17.1 Å². The lowest BCUT2D eigenvalue weighted by Gasteiger charge is -2.44. The maximum Gasteiger partial charge on any atom is 0.126 e. The summed E-state index contributed by atoms with van der Waals surface area (Å²) in [6.45, 7) is 20.9. The molecule has 0 bridgehead atoms. The minimum atomic E-state index is -0.175. The van der Waals surface area contributed by atoms with Gasteiger partial charge < -0.3 is 14.5 Å². The summed E-state index contributed by atoms with van der Waals surface area (Å²) >= 11 is 0. The van der Waals surface area contributed by atoms with Gasteiger partial charge in [0.1, 0.15) is 17.5 Å². The van der Waals surface area contributed by atoms with Gasteiger partial charge >= 0.3 is 0 Å². The molecule has 4 unspecified atom stereocenters. The van der Waals surface area contributed by atoms with Crippen LogP contribution >= 0.6 is 0 Å². The smallest absolute Gasteiger partial charge is 0.126 e. The number of fused-ring (bicyclic) bond motifs is 6. The van der Waals surface area contributed by atoms with E-state index in [-0.39, 0.29) is 16.4 Å². The third-order valence-electron chi connectivity index (χ3n) is 9.29. The molecular formula is C29H40N2O. The van der Waals surface area contributed by atoms with Crippen LogP contribution in [0.2, 0.25) is 0 Å². The Morgan fingerprint density at radius 2 is 1.66 bits per heavy atom. The van der Waals surface area contributed by atoms with E-state index < -0.39 is 0 Å². The van der Waals surface area contributed by atoms with Crippen LogP contribution < -0.4 is 14.5 Å². The molecule has 0 aliphatic carbocycles. The van der Waals surface area contributed by atoms with Gasteiger partial charge in [0.15, 0.2) is 0 Å². The Bertz CT molecular complexity index is 1100. The van der Waals surface area contributed by atoms with Gasteiger partial charge in [0, 0.05) is 35.7 Å². The zero-order valence-electron chi connectivity index (χ0n) is 21.6. The first kappa shape index (κ1) is 21.7. The molecule has 3 aliphatic rings. The lowest BCUT2D eigenvalue weighted by atomic mass is 9.71. The Labute approximate surface area is 194 Å². The van der Waals surface area contributed by atoms with E-state index in [0.29, 0.717) is 18.0 Å². The first-order valence-corrected chi connectivity index (χ1v) is 12.4. The Kier molecular flexibility index (Phi) is 4.37. The van der Waals surface area contributed by atoms with Crippen LogP contribution in [0.1, 0.15) is 91.3 Å². The van der Waals surface area contributed by atoms with Crippen molar-refractivity contribution in [3.05, 3.63) is 47.0 Å². The predicted octanol–water partition coefficient (Wildman–Crippen LogP) is 7.49. The molecule has 2 aromatic rings. The molecule has 3 nitrogen and oxygen atoms in total. The highest BCUT2D eigenvalue weighted by Gasteiger charge is 2.52. The molecule has 0 N–H and O–H groups in total. The third kappa shape index (κ3) is 2.60. The first-order valence-electron chi connectivity index (χ1n) is 12.4. The quantitative estimate of drug-likeness (QED) is 0.464. The molecule has 0 fully saturated rings. The summed E-state index contributed by atoms with van der Waals surface area (Å²) in [5.41, 5.74) is 8.17. The van der Waals surface area contributed by atoms with Crippen LogP contribution in [0.25, 0.3) is 0 Å². The largest absolute Gasteiger partial charge is 0.486 e. The standard InChI is InChI=1S/C29H40N2O/c1-11-29(9)28(7,8)21-15-23-24(16-25(21)32-29)31-22-13-12-19(27(4,5)6)14-20(22)17(2)18(3)26(31)30(23)10/h12-18,26H,11H2,1-10H3. The molecule has 5 rings (SSSR count). The van der Waals surface area contributed by atoms with E-state index in [4.69, 9.17) is 4.74 Å². The second-order valence-corrected chi connectivity index (χ2v) is 12.2. The Balaban J connectivity index is 1.69. The van der Waals surface area contributed by atoms with Crippen molar-refractivity contribution in [3.8, 4) is 5.75 Å². The normalized spacial score (nSPS) is 29.9. The summed E-state index contributed by atoms with van der Waals surface area (Å²) in [6.07, 6.45) is 1.32. The zero-order valence-corrected chi connectivity index (χ0v) is 21.6. The number of nitrogens with zero attached hydrogens (tertiary/aromatic N) is 2. The van der Waals surface area contributed by atoms with Crippen molar-refractivity contribution in [2.24, 2.45) is 5.92 Å². The minimum Gasteiger partial charge on any atom is -0.486 e. The Hall–Kier alpha value is -2.16. The van der Waals surface area contributed by atoms with Crippen LogP contribution in [0.3, 0.4) is 0 Å². The molecule has 0 aromatic heterocycles. The molecule has 172 valence electrons. The van der Waals surface area contributed by atoms with E-state index in [1.165, 1.54) is 33.8 Å². The van der Waals surface area contributed by atoms with E-state index in [1.54, 1.807) is 0 Å². The van der Waals surface area contributed by atoms with Gasteiger partial charge in [-0.15, -0.1) is 0 Å². The Morgan fingerprint density at radius 3 is 2.28 bits per heavy atom. The predicted molar refractivity (Wildman–Crippen MR) is 136 cm³/mol. The van der Waals surface area contributed by atoms with Gasteiger partial charge in [-0.2, -0.15) is 0 Å². The highest BCUT2D eigenvalue weighted by atomic mass is 16.5. The molecule has 0 amide bonds. The summed E-state index contributed by atoms with van der Waals surface area (Å²) < 4.78 is 6.65. The third-order valence-corrected chi connectivity index (χ3v) is 9.29. The molecule has 3 heteroatoms. The number of benzene rings is 2. The topological polar surface area (TPSA) is 15.7 Å². The summed E-state index contributed by atoms with van der Waals surface area (Å²) in [6, 6.07) is 11.9. The minimum absolute atomic E-state index is 0.0194. The van der Waals surface area contributed by atoms with Gasteiger partial charge in [-0.1, -0.05) is 67.5 Å². The molecule has 0 radical (unpaired) electrons. The molecule has 0 saturated heterocycles. The van der Waals surface area contributed by atoms with Crippen LogP contribution in [0.5, 0.6) is 5.75 Å². The zero-order chi connectivity index (χ0) is 23.4. The summed E-state index contributed by atoms with van der Waals surface area (Å²) in [5.74, 6) is 2.08. The van der Waals surface area contributed by atoms with Crippen LogP contribution in [0.15, 0.2) is 30.3 Å². The fourth-order valence-electron chi connectivity index (χ4n) is 6.24. The molecule has 0 saturated carbocycles. The van der Waals surface area contributed by atoms with E-state index in [1.807, 2.05) is 0 Å². The van der Waals surface area contributed by atoms with Crippen molar-refractivity contribution >= 4 is 17.1 Å². The fourth-order valence-corrected chi connectivity index (χ4v) is 6.24. The van der Waals surface area contributed by atoms with Gasteiger partial charge in [0.05, 0.1) is 11.4 Å². The fraction of sp³-hybridized carbons (Fsp3) is 0.586. The monoisotopic (exact) mass is 432 g/mol. The van der Waals surface area contributed by atoms with Gasteiger partial charge in [0.2, 0.25) is 0 Å². The summed E-state index contributed by atoms with van der Waals surface area (Å²) in [7, 11) is 2.27. The summed E-state index contributed by atoms with van der Waals surface area (Å²) in [5, 5.41) is 0. The molecule has 0 spiro atoms. The number of hydrogen-bond acceptors (Lipinski definition) is 3. The number of ether oxygens (including phenoxy) is 1. The second-order valence-electron chi connectivity index (χ2n) is 12.2. The van der Waals surface area contributed by atoms with Gasteiger partial charge in [-0.05, 0) is 47.9 Å². The van der Waals surface area contributed by atoms with Crippen molar-refractivity contribution in [2.75, 3.05) is 16.8 Å². The highest BCUT2D eigenvalue weighted by molar-refractivity contribution is 5.88. The van der Waals surface area contributed by atoms with Crippen molar-refractivity contribution in [1.82, 2.24) is 0 Å². The molecule has 3 heterocycles. The van der Waals surface area contributed by atoms with Gasteiger partial charge in [0.25, 0.3) is 0 Å². The van der Waals surface area contributed by atoms with Crippen LogP contribution in [-0.2, 0) is 10.8 Å². The average Bonchev–Trinajstić information content (AvgIpc) is 3.12. The van der Waals surface area contributed by atoms with E-state index in [2.05, 4.69) is 109 Å². The van der Waals surface area contributed by atoms with Crippen molar-refractivity contribution in [2.45, 2.75) is 97.2 Å². The number of anilines is 3. The molecular weight excluding hydrogens is 392 g/mol. The van der Waals surface area contributed by atoms with E-state index in [9.17, 15) is 0 Å². The first-order chi connectivity index (χ1) is 14.8. The van der Waals surface area contributed by atoms with Gasteiger partial charge in [-0.3, -0.25) is 0 Å². The average molecular weight is 433 g/mol. The molecule has 2 aromatic carbocycles. The number of rotatable bonds is 1. The number of hydrogen-bond donors (Lipinski definition) is 0. The van der Waals surface area contributed by atoms with Crippen molar-refractivity contribution < 1.29 is 4.74 Å². The van der Waals surface area contributed by atoms with Crippen LogP contribution in [0, 0.1) is 5.92 Å². The van der Waals surface area contributed by atoms with Crippen molar-refractivity contribution in [3.63, 3.8) is 0 Å². The van der Waals surface area contributed by atoms with Crippen molar-refractivity contribution in [1.29, 1.82) is 0 Å². The maximum atomic E-state index is 6.65.